The molecule has 2 spiro atoms. The van der Waals surface area contributed by atoms with Crippen molar-refractivity contribution in [2.75, 3.05) is 40.5 Å². The van der Waals surface area contributed by atoms with E-state index in [9.17, 15) is 5.11 Å². The van der Waals surface area contributed by atoms with Gasteiger partial charge in [0.25, 0.3) is 0 Å². The fourth-order valence-corrected chi connectivity index (χ4v) is 9.37. The van der Waals surface area contributed by atoms with Gasteiger partial charge in [0.15, 0.2) is 11.5 Å². The summed E-state index contributed by atoms with van der Waals surface area (Å²) < 4.78 is 26.2. The van der Waals surface area contributed by atoms with E-state index in [1.807, 2.05) is 7.11 Å². The van der Waals surface area contributed by atoms with Crippen molar-refractivity contribution in [3.05, 3.63) is 58.7 Å². The predicted molar refractivity (Wildman–Crippen MR) is 140 cm³/mol. The summed E-state index contributed by atoms with van der Waals surface area (Å²) >= 11 is 0. The van der Waals surface area contributed by atoms with Gasteiger partial charge < -0.3 is 29.0 Å². The highest BCUT2D eigenvalue weighted by Gasteiger charge is 2.80. The number of aliphatic hydroxyl groups excluding tert-OH is 1. The number of likely N-dealkylation sites (tertiary alicyclic amines) is 1. The van der Waals surface area contributed by atoms with Crippen LogP contribution in [0, 0.1) is 18.3 Å². The number of piperidine rings is 1. The quantitative estimate of drug-likeness (QED) is 0.585. The number of aryl methyl sites for hydroxylation is 1. The number of hydrogen-bond donors (Lipinski definition) is 1. The van der Waals surface area contributed by atoms with Gasteiger partial charge in [0.05, 0.1) is 19.8 Å². The Hall–Kier alpha value is -2.12. The van der Waals surface area contributed by atoms with Gasteiger partial charge in [0.1, 0.15) is 18.3 Å². The fourth-order valence-electron chi connectivity index (χ4n) is 9.37. The number of aliphatic hydroxyl groups is 1. The molecule has 198 valence electrons. The number of ether oxygens (including phenoxy) is 4. The molecule has 0 radical (unpaired) electrons. The second kappa shape index (κ2) is 8.44. The Labute approximate surface area is 219 Å². The van der Waals surface area contributed by atoms with Crippen molar-refractivity contribution in [2.45, 2.75) is 68.8 Å². The standard InChI is InChI=1S/C31H39NO5/c1-20-6-4-5-7-22(20)18-35-19-23-17-29-10-11-31(23,34-3)28-30(29)12-13-32(2)25(29)16-21-8-9-24(36-15-14-33)27(37-28)26(21)30/h4-9,23,25,28,33H,10-19H2,1-3H3/t23-,25-,28-,29-,30+,31?/m1/s1. The molecule has 6 atom stereocenters. The second-order valence-electron chi connectivity index (χ2n) is 12.1. The molecule has 4 fully saturated rings. The van der Waals surface area contributed by atoms with E-state index in [1.54, 1.807) is 0 Å². The smallest absolute Gasteiger partial charge is 0.165 e. The van der Waals surface area contributed by atoms with Crippen LogP contribution >= 0.6 is 0 Å². The molecule has 6 aliphatic rings. The molecule has 2 heterocycles. The van der Waals surface area contributed by atoms with Gasteiger partial charge in [-0.15, -0.1) is 0 Å². The molecule has 4 bridgehead atoms. The zero-order chi connectivity index (χ0) is 25.4. The third-order valence-corrected chi connectivity index (χ3v) is 10.9. The number of nitrogens with zero attached hydrogens (tertiary/aromatic N) is 1. The molecule has 8 rings (SSSR count). The van der Waals surface area contributed by atoms with Crippen LogP contribution in [0.25, 0.3) is 0 Å². The SMILES string of the molecule is COC12CC[C@@]3(C[C@@H]1COCc1ccccc1C)[C@H]1Cc4ccc(OCCO)c5c4[C@@]3(CCN1C)[C@H]2O5. The van der Waals surface area contributed by atoms with Crippen molar-refractivity contribution in [1.82, 2.24) is 4.90 Å². The van der Waals surface area contributed by atoms with E-state index in [1.165, 1.54) is 22.3 Å². The van der Waals surface area contributed by atoms with Crippen LogP contribution in [0.15, 0.2) is 36.4 Å². The molecule has 2 aromatic carbocycles. The average Bonchev–Trinajstić information content (AvgIpc) is 3.28. The van der Waals surface area contributed by atoms with E-state index in [0.29, 0.717) is 19.3 Å². The molecule has 1 saturated heterocycles. The molecule has 4 aliphatic carbocycles. The largest absolute Gasteiger partial charge is 0.487 e. The first-order valence-corrected chi connectivity index (χ1v) is 13.9. The molecule has 6 nitrogen and oxygen atoms in total. The Morgan fingerprint density at radius 3 is 2.81 bits per heavy atom. The summed E-state index contributed by atoms with van der Waals surface area (Å²) in [6.07, 6.45) is 5.33. The number of fused-ring (bicyclic) bond motifs is 2. The van der Waals surface area contributed by atoms with E-state index in [4.69, 9.17) is 18.9 Å². The lowest BCUT2D eigenvalue weighted by molar-refractivity contribution is -0.282. The van der Waals surface area contributed by atoms with Crippen molar-refractivity contribution in [2.24, 2.45) is 11.3 Å². The highest BCUT2D eigenvalue weighted by Crippen LogP contribution is 2.76. The molecule has 1 unspecified atom stereocenters. The van der Waals surface area contributed by atoms with Crippen molar-refractivity contribution in [3.8, 4) is 11.5 Å². The summed E-state index contributed by atoms with van der Waals surface area (Å²) in [5, 5.41) is 9.44. The second-order valence-corrected chi connectivity index (χ2v) is 12.1. The van der Waals surface area contributed by atoms with E-state index >= 15 is 0 Å². The van der Waals surface area contributed by atoms with Crippen LogP contribution in [-0.4, -0.2) is 68.3 Å². The van der Waals surface area contributed by atoms with Gasteiger partial charge in [-0.3, -0.25) is 0 Å². The highest BCUT2D eigenvalue weighted by molar-refractivity contribution is 5.63. The molecule has 6 heteroatoms. The third-order valence-electron chi connectivity index (χ3n) is 10.9. The minimum absolute atomic E-state index is 0.00971. The van der Waals surface area contributed by atoms with E-state index < -0.39 is 5.60 Å². The first kappa shape index (κ1) is 24.0. The molecule has 37 heavy (non-hydrogen) atoms. The number of likely N-dealkylation sites (N-methyl/N-ethyl adjacent to an activating group) is 1. The fraction of sp³-hybridized carbons (Fsp3) is 0.613. The summed E-state index contributed by atoms with van der Waals surface area (Å²) in [7, 11) is 4.20. The summed E-state index contributed by atoms with van der Waals surface area (Å²) in [5.74, 6) is 1.94. The van der Waals surface area contributed by atoms with Crippen molar-refractivity contribution in [3.63, 3.8) is 0 Å². The van der Waals surface area contributed by atoms with Crippen molar-refractivity contribution in [1.29, 1.82) is 0 Å². The topological polar surface area (TPSA) is 60.4 Å². The van der Waals surface area contributed by atoms with Crippen LogP contribution in [0.1, 0.15) is 47.9 Å². The first-order valence-electron chi connectivity index (χ1n) is 13.9. The third kappa shape index (κ3) is 2.96. The molecule has 0 amide bonds. The lowest BCUT2D eigenvalue weighted by atomic mass is 9.35. The number of methoxy groups -OCH3 is 1. The van der Waals surface area contributed by atoms with Gasteiger partial charge in [0.2, 0.25) is 0 Å². The minimum Gasteiger partial charge on any atom is -0.487 e. The summed E-state index contributed by atoms with van der Waals surface area (Å²) in [6, 6.07) is 13.3. The normalized spacial score (nSPS) is 36.8. The van der Waals surface area contributed by atoms with Gasteiger partial charge in [-0.25, -0.2) is 0 Å². The molecular weight excluding hydrogens is 466 g/mol. The minimum atomic E-state index is -0.393. The van der Waals surface area contributed by atoms with Crippen LogP contribution in [0.5, 0.6) is 11.5 Å². The van der Waals surface area contributed by atoms with Crippen LogP contribution < -0.4 is 9.47 Å². The van der Waals surface area contributed by atoms with Crippen LogP contribution in [0.2, 0.25) is 0 Å². The van der Waals surface area contributed by atoms with Crippen LogP contribution in [-0.2, 0) is 27.9 Å². The molecule has 2 aromatic rings. The highest BCUT2D eigenvalue weighted by atomic mass is 16.6. The Bertz CT molecular complexity index is 1220. The van der Waals surface area contributed by atoms with Gasteiger partial charge in [-0.1, -0.05) is 30.3 Å². The predicted octanol–water partition coefficient (Wildman–Crippen LogP) is 4.03. The van der Waals surface area contributed by atoms with Gasteiger partial charge in [-0.05, 0) is 75.4 Å². The summed E-state index contributed by atoms with van der Waals surface area (Å²) in [5.41, 5.74) is 4.99. The molecule has 3 saturated carbocycles. The Morgan fingerprint density at radius 1 is 1.14 bits per heavy atom. The molecule has 0 aromatic heterocycles. The number of hydrogen-bond acceptors (Lipinski definition) is 6. The van der Waals surface area contributed by atoms with Gasteiger partial charge >= 0.3 is 0 Å². The van der Waals surface area contributed by atoms with Gasteiger partial charge in [0, 0.05) is 35.5 Å². The van der Waals surface area contributed by atoms with Gasteiger partial charge in [-0.2, -0.15) is 0 Å². The average molecular weight is 506 g/mol. The summed E-state index contributed by atoms with van der Waals surface area (Å²) in [4.78, 5) is 2.62. The maximum atomic E-state index is 9.44. The number of benzene rings is 2. The van der Waals surface area contributed by atoms with Crippen LogP contribution in [0.4, 0.5) is 0 Å². The maximum Gasteiger partial charge on any atom is 0.165 e. The Morgan fingerprint density at radius 2 is 2.00 bits per heavy atom. The van der Waals surface area contributed by atoms with E-state index in [0.717, 1.165) is 50.1 Å². The van der Waals surface area contributed by atoms with Crippen LogP contribution in [0.3, 0.4) is 0 Å². The first-order chi connectivity index (χ1) is 18.0. The monoisotopic (exact) mass is 505 g/mol. The van der Waals surface area contributed by atoms with Crippen molar-refractivity contribution < 1.29 is 24.1 Å². The Kier molecular flexibility index (Phi) is 5.46. The molecule has 2 aliphatic heterocycles. The zero-order valence-corrected chi connectivity index (χ0v) is 22.3. The lowest BCUT2D eigenvalue weighted by Crippen LogP contribution is -2.81. The van der Waals surface area contributed by atoms with E-state index in [-0.39, 0.29) is 36.1 Å². The molecule has 1 N–H and O–H groups in total. The maximum absolute atomic E-state index is 9.44. The zero-order valence-electron chi connectivity index (χ0n) is 22.3. The molecular formula is C31H39NO5. The Balaban J connectivity index is 1.30. The number of rotatable bonds is 8. The summed E-state index contributed by atoms with van der Waals surface area (Å²) in [6.45, 7) is 4.78. The van der Waals surface area contributed by atoms with E-state index in [2.05, 4.69) is 55.3 Å². The lowest BCUT2D eigenvalue weighted by Gasteiger charge is -2.73. The van der Waals surface area contributed by atoms with Crippen molar-refractivity contribution >= 4 is 0 Å².